The molecule has 0 spiro atoms. The zero-order valence-electron chi connectivity index (χ0n) is 7.91. The molecule has 0 aromatic rings. The van der Waals surface area contributed by atoms with E-state index in [2.05, 4.69) is 9.68 Å². The Morgan fingerprint density at radius 2 is 1.07 bits per heavy atom. The van der Waals surface area contributed by atoms with Gasteiger partial charge in [-0.1, -0.05) is 0 Å². The maximum absolute atomic E-state index is 10.5. The Balaban J connectivity index is -0.0000000482. The van der Waals surface area contributed by atoms with Gasteiger partial charge < -0.3 is 4.74 Å². The van der Waals surface area contributed by atoms with Gasteiger partial charge in [-0.3, -0.25) is 4.39 Å². The lowest BCUT2D eigenvalue weighted by Gasteiger charge is -1.72. The molecule has 0 unspecified atom stereocenters. The molecule has 0 atom stereocenters. The van der Waals surface area contributed by atoms with Crippen molar-refractivity contribution in [1.82, 2.24) is 0 Å². The van der Waals surface area contributed by atoms with Gasteiger partial charge in [0.2, 0.25) is 13.8 Å². The molecule has 92 valence electrons. The van der Waals surface area contributed by atoms with E-state index >= 15 is 0 Å². The van der Waals surface area contributed by atoms with Gasteiger partial charge in [0.1, 0.15) is 0 Å². The number of hydrogen-bond acceptors (Lipinski definition) is 2. The van der Waals surface area contributed by atoms with Crippen LogP contribution in [0.25, 0.3) is 0 Å². The minimum atomic E-state index is -1.75. The summed E-state index contributed by atoms with van der Waals surface area (Å²) < 4.78 is 63.9. The lowest BCUT2D eigenvalue weighted by atomic mass is 10.9. The van der Waals surface area contributed by atoms with E-state index in [-0.39, 0.29) is 6.67 Å². The second-order valence-corrected chi connectivity index (χ2v) is 0.984. The molecule has 0 amide bonds. The summed E-state index contributed by atoms with van der Waals surface area (Å²) in [6.45, 7) is -2.57. The molecule has 0 bridgehead atoms. The lowest BCUT2D eigenvalue weighted by Crippen LogP contribution is -1.70. The molecular weight excluding hydrogens is 218 g/mol. The summed E-state index contributed by atoms with van der Waals surface area (Å²) in [5, 5.41) is 0. The standard InChI is InChI=1S/C2H5FO.C2H5F.CH2F2O.CH2F2/c1-4-2-3;1-2-3;2-1-4-3;2-1-3/h2H2,1H3;2H2,1H3;1H2;1H2. The van der Waals surface area contributed by atoms with Gasteiger partial charge in [-0.25, -0.2) is 17.6 Å². The molecule has 0 saturated heterocycles. The predicted molar refractivity (Wildman–Crippen MR) is 39.9 cm³/mol. The topological polar surface area (TPSA) is 18.5 Å². The monoisotopic (exact) mass is 232 g/mol. The molecule has 0 aliphatic rings. The highest BCUT2D eigenvalue weighted by molar-refractivity contribution is 3.86. The van der Waals surface area contributed by atoms with Crippen LogP contribution < -0.4 is 0 Å². The Bertz CT molecular complexity index is 41.3. The third-order valence-electron chi connectivity index (χ3n) is 0.150. The van der Waals surface area contributed by atoms with Crippen LogP contribution in [0, 0.1) is 0 Å². The summed E-state index contributed by atoms with van der Waals surface area (Å²) >= 11 is 0. The van der Waals surface area contributed by atoms with Crippen molar-refractivity contribution in [3.8, 4) is 0 Å². The number of halogens is 6. The molecule has 14 heavy (non-hydrogen) atoms. The minimum absolute atomic E-state index is 0.250. The Kier molecular flexibility index (Phi) is 91.2. The van der Waals surface area contributed by atoms with Crippen molar-refractivity contribution in [2.24, 2.45) is 0 Å². The summed E-state index contributed by atoms with van der Waals surface area (Å²) in [4.78, 5) is 2.38. The van der Waals surface area contributed by atoms with Crippen LogP contribution in [-0.2, 0) is 9.68 Å². The van der Waals surface area contributed by atoms with E-state index < -0.39 is 20.6 Å². The van der Waals surface area contributed by atoms with E-state index in [1.807, 2.05) is 0 Å². The fourth-order valence-corrected chi connectivity index (χ4v) is 0. The quantitative estimate of drug-likeness (QED) is 0.680. The van der Waals surface area contributed by atoms with E-state index in [0.717, 1.165) is 0 Å². The number of ether oxygens (including phenoxy) is 1. The zero-order valence-corrected chi connectivity index (χ0v) is 7.91. The molecular formula is C6H14F6O2. The number of alkyl halides is 5. The molecule has 0 N–H and O–H groups in total. The van der Waals surface area contributed by atoms with Gasteiger partial charge in [0.25, 0.3) is 0 Å². The predicted octanol–water partition coefficient (Wildman–Crippen LogP) is 3.23. The molecule has 8 heteroatoms. The molecule has 0 fully saturated rings. The van der Waals surface area contributed by atoms with Crippen LogP contribution in [0.4, 0.5) is 26.5 Å². The van der Waals surface area contributed by atoms with Crippen molar-refractivity contribution in [3.63, 3.8) is 0 Å². The van der Waals surface area contributed by atoms with E-state index in [4.69, 9.17) is 0 Å². The van der Waals surface area contributed by atoms with Crippen molar-refractivity contribution in [1.29, 1.82) is 0 Å². The number of rotatable bonds is 2. The smallest absolute Gasteiger partial charge is 0.229 e. The minimum Gasteiger partial charge on any atom is -0.354 e. The largest absolute Gasteiger partial charge is 0.354 e. The van der Waals surface area contributed by atoms with E-state index in [9.17, 15) is 26.5 Å². The van der Waals surface area contributed by atoms with Crippen molar-refractivity contribution >= 4 is 0 Å². The molecule has 0 aliphatic carbocycles. The first kappa shape index (κ1) is 23.4. The number of methoxy groups -OCH3 is 1. The second kappa shape index (κ2) is 54.6. The average molecular weight is 232 g/mol. The van der Waals surface area contributed by atoms with Crippen molar-refractivity contribution in [3.05, 3.63) is 0 Å². The highest BCUT2D eigenvalue weighted by atomic mass is 19.3. The Morgan fingerprint density at radius 1 is 0.929 bits per heavy atom. The van der Waals surface area contributed by atoms with E-state index in [1.165, 1.54) is 14.0 Å². The van der Waals surface area contributed by atoms with Crippen LogP contribution in [0.1, 0.15) is 6.92 Å². The van der Waals surface area contributed by atoms with E-state index in [0.29, 0.717) is 0 Å². The van der Waals surface area contributed by atoms with Crippen molar-refractivity contribution < 1.29 is 36.2 Å². The maximum Gasteiger partial charge on any atom is 0.229 e. The highest BCUT2D eigenvalue weighted by Crippen LogP contribution is 1.67. The summed E-state index contributed by atoms with van der Waals surface area (Å²) in [6, 6.07) is 0. The molecule has 0 aliphatic heterocycles. The SMILES string of the molecule is CCF.COCF.FCF.FCOF. The normalized spacial score (nSPS) is 6.86. The van der Waals surface area contributed by atoms with Crippen LogP contribution in [0.2, 0.25) is 0 Å². The Hall–Kier alpha value is -0.500. The Labute approximate surface area is 78.7 Å². The van der Waals surface area contributed by atoms with Crippen molar-refractivity contribution in [2.45, 2.75) is 6.92 Å². The zero-order chi connectivity index (χ0) is 12.2. The lowest BCUT2D eigenvalue weighted by molar-refractivity contribution is -0.167. The summed E-state index contributed by atoms with van der Waals surface area (Å²) in [7, 11) is 1.31. The van der Waals surface area contributed by atoms with Crippen LogP contribution in [-0.4, -0.2) is 34.4 Å². The van der Waals surface area contributed by atoms with Gasteiger partial charge in [-0.05, 0) is 11.4 Å². The molecule has 0 saturated carbocycles. The third kappa shape index (κ3) is 564. The average Bonchev–Trinajstić information content (AvgIpc) is 2.20. The maximum atomic E-state index is 10.5. The number of hydrogen-bond donors (Lipinski definition) is 0. The van der Waals surface area contributed by atoms with Gasteiger partial charge in [0.05, 0.1) is 6.67 Å². The molecule has 2 nitrogen and oxygen atoms in total. The first-order valence-electron chi connectivity index (χ1n) is 3.18. The van der Waals surface area contributed by atoms with Gasteiger partial charge in [0, 0.05) is 7.11 Å². The van der Waals surface area contributed by atoms with Crippen LogP contribution in [0.3, 0.4) is 0 Å². The second-order valence-electron chi connectivity index (χ2n) is 0.984. The van der Waals surface area contributed by atoms with Gasteiger partial charge in [-0.2, -0.15) is 4.94 Å². The fourth-order valence-electron chi connectivity index (χ4n) is 0. The van der Waals surface area contributed by atoms with Crippen LogP contribution in [0.5, 0.6) is 0 Å². The van der Waals surface area contributed by atoms with Gasteiger partial charge >= 0.3 is 0 Å². The molecule has 0 heterocycles. The molecule has 0 radical (unpaired) electrons. The van der Waals surface area contributed by atoms with Gasteiger partial charge in [0.15, 0.2) is 6.86 Å². The summed E-state index contributed by atoms with van der Waals surface area (Å²) in [5.41, 5.74) is 0. The van der Waals surface area contributed by atoms with Gasteiger partial charge in [-0.15, -0.1) is 0 Å². The third-order valence-corrected chi connectivity index (χ3v) is 0.150. The van der Waals surface area contributed by atoms with Crippen LogP contribution in [0.15, 0.2) is 0 Å². The fraction of sp³-hybridized carbons (Fsp3) is 1.00. The van der Waals surface area contributed by atoms with Crippen molar-refractivity contribution in [2.75, 3.05) is 34.4 Å². The first-order valence-corrected chi connectivity index (χ1v) is 3.18. The Morgan fingerprint density at radius 3 is 1.07 bits per heavy atom. The van der Waals surface area contributed by atoms with E-state index in [1.54, 1.807) is 0 Å². The molecule has 0 aromatic carbocycles. The first-order chi connectivity index (χ1) is 6.66. The summed E-state index contributed by atoms with van der Waals surface area (Å²) in [6.07, 6.45) is 0. The summed E-state index contributed by atoms with van der Waals surface area (Å²) in [5.74, 6) is 0. The molecule has 0 aromatic heterocycles. The highest BCUT2D eigenvalue weighted by Gasteiger charge is 1.62. The molecule has 0 rings (SSSR count). The van der Waals surface area contributed by atoms with Crippen LogP contribution >= 0.6 is 0 Å².